The van der Waals surface area contributed by atoms with Gasteiger partial charge in [-0.25, -0.2) is 8.78 Å². The van der Waals surface area contributed by atoms with Gasteiger partial charge in [0.1, 0.15) is 11.6 Å². The largest absolute Gasteiger partial charge is 0.385 e. The van der Waals surface area contributed by atoms with E-state index in [4.69, 9.17) is 0 Å². The Bertz CT molecular complexity index is 400. The molecule has 0 heterocycles. The maximum atomic E-state index is 13.6. The minimum atomic E-state index is -1.15. The Balaban J connectivity index is 2.21. The van der Waals surface area contributed by atoms with Crippen molar-refractivity contribution in [3.05, 3.63) is 35.4 Å². The van der Waals surface area contributed by atoms with Gasteiger partial charge in [-0.1, -0.05) is 6.07 Å². The van der Waals surface area contributed by atoms with E-state index in [-0.39, 0.29) is 5.56 Å². The third kappa shape index (κ3) is 2.48. The molecule has 0 radical (unpaired) electrons. The topological polar surface area (TPSA) is 32.3 Å². The lowest BCUT2D eigenvalue weighted by Crippen LogP contribution is -2.38. The predicted octanol–water partition coefficient (Wildman–Crippen LogP) is 2.31. The molecule has 0 spiro atoms. The Morgan fingerprint density at radius 1 is 1.29 bits per heavy atom. The normalized spacial score (nSPS) is 29.3. The zero-order chi connectivity index (χ0) is 12.5. The molecule has 1 aliphatic carbocycles. The summed E-state index contributed by atoms with van der Waals surface area (Å²) in [7, 11) is 1.88. The second kappa shape index (κ2) is 4.70. The SMILES string of the molecule is CNC1CCC(O)(c2ccc(F)cc2F)CC1. The summed E-state index contributed by atoms with van der Waals surface area (Å²) in [6, 6.07) is 3.75. The van der Waals surface area contributed by atoms with E-state index < -0.39 is 17.2 Å². The zero-order valence-corrected chi connectivity index (χ0v) is 9.84. The highest BCUT2D eigenvalue weighted by atomic mass is 19.1. The predicted molar refractivity (Wildman–Crippen MR) is 61.6 cm³/mol. The molecular formula is C13H17F2NO. The van der Waals surface area contributed by atoms with Crippen LogP contribution in [0.15, 0.2) is 18.2 Å². The first-order valence-corrected chi connectivity index (χ1v) is 5.90. The summed E-state index contributed by atoms with van der Waals surface area (Å²) in [5.41, 5.74) is -0.932. The number of hydrogen-bond donors (Lipinski definition) is 2. The van der Waals surface area contributed by atoms with Crippen LogP contribution < -0.4 is 5.32 Å². The summed E-state index contributed by atoms with van der Waals surface area (Å²) in [5, 5.41) is 13.6. The van der Waals surface area contributed by atoms with Crippen molar-refractivity contribution >= 4 is 0 Å². The molecule has 0 unspecified atom stereocenters. The maximum absolute atomic E-state index is 13.6. The van der Waals surface area contributed by atoms with Crippen LogP contribution in [-0.4, -0.2) is 18.2 Å². The van der Waals surface area contributed by atoms with Gasteiger partial charge >= 0.3 is 0 Å². The van der Waals surface area contributed by atoms with Crippen molar-refractivity contribution in [2.75, 3.05) is 7.05 Å². The second-order valence-electron chi connectivity index (χ2n) is 4.72. The number of rotatable bonds is 2. The van der Waals surface area contributed by atoms with E-state index in [0.717, 1.165) is 18.9 Å². The monoisotopic (exact) mass is 241 g/mol. The lowest BCUT2D eigenvalue weighted by molar-refractivity contribution is -0.0107. The fourth-order valence-electron chi connectivity index (χ4n) is 2.52. The van der Waals surface area contributed by atoms with Crippen LogP contribution in [0.2, 0.25) is 0 Å². The molecule has 1 aliphatic rings. The standard InChI is InChI=1S/C13H17F2NO/c1-16-10-4-6-13(17,7-5-10)11-3-2-9(14)8-12(11)15/h2-3,8,10,16-17H,4-7H2,1H3. The summed E-state index contributed by atoms with van der Waals surface area (Å²) in [6.07, 6.45) is 2.59. The number of nitrogens with one attached hydrogen (secondary N) is 1. The lowest BCUT2D eigenvalue weighted by Gasteiger charge is -2.36. The third-order valence-corrected chi connectivity index (χ3v) is 3.65. The van der Waals surface area contributed by atoms with Gasteiger partial charge in [0.2, 0.25) is 0 Å². The summed E-state index contributed by atoms with van der Waals surface area (Å²) >= 11 is 0. The molecule has 2 nitrogen and oxygen atoms in total. The molecule has 1 aromatic carbocycles. The molecule has 0 bridgehead atoms. The van der Waals surface area contributed by atoms with Crippen molar-refractivity contribution < 1.29 is 13.9 Å². The van der Waals surface area contributed by atoms with Crippen molar-refractivity contribution in [2.24, 2.45) is 0 Å². The van der Waals surface area contributed by atoms with Crippen LogP contribution in [0.1, 0.15) is 31.2 Å². The summed E-state index contributed by atoms with van der Waals surface area (Å²) in [4.78, 5) is 0. The molecule has 1 saturated carbocycles. The van der Waals surface area contributed by atoms with E-state index in [1.807, 2.05) is 7.05 Å². The average molecular weight is 241 g/mol. The minimum absolute atomic E-state index is 0.216. The van der Waals surface area contributed by atoms with Gasteiger partial charge in [-0.3, -0.25) is 0 Å². The first-order chi connectivity index (χ1) is 8.05. The maximum Gasteiger partial charge on any atom is 0.132 e. The van der Waals surface area contributed by atoms with Crippen molar-refractivity contribution in [3.63, 3.8) is 0 Å². The fraction of sp³-hybridized carbons (Fsp3) is 0.538. The molecule has 4 heteroatoms. The van der Waals surface area contributed by atoms with Crippen molar-refractivity contribution in [2.45, 2.75) is 37.3 Å². The molecule has 1 aromatic rings. The highest BCUT2D eigenvalue weighted by molar-refractivity contribution is 5.25. The number of benzene rings is 1. The molecule has 0 aliphatic heterocycles. The highest BCUT2D eigenvalue weighted by Gasteiger charge is 2.36. The summed E-state index contributed by atoms with van der Waals surface area (Å²) < 4.78 is 26.5. The van der Waals surface area contributed by atoms with Crippen molar-refractivity contribution in [3.8, 4) is 0 Å². The Kier molecular flexibility index (Phi) is 3.45. The molecule has 1 fully saturated rings. The fourth-order valence-corrected chi connectivity index (χ4v) is 2.52. The van der Waals surface area contributed by atoms with Crippen molar-refractivity contribution in [1.29, 1.82) is 0 Å². The quantitative estimate of drug-likeness (QED) is 0.832. The number of halogens is 2. The molecule has 0 atom stereocenters. The Morgan fingerprint density at radius 3 is 2.47 bits per heavy atom. The van der Waals surface area contributed by atoms with E-state index in [0.29, 0.717) is 18.9 Å². The van der Waals surface area contributed by atoms with Gasteiger partial charge in [-0.05, 0) is 38.8 Å². The van der Waals surface area contributed by atoms with Crippen LogP contribution >= 0.6 is 0 Å². The minimum Gasteiger partial charge on any atom is -0.385 e. The molecule has 2 rings (SSSR count). The number of aliphatic hydroxyl groups is 1. The number of hydrogen-bond acceptors (Lipinski definition) is 2. The Labute approximate surface area is 99.7 Å². The molecule has 0 aromatic heterocycles. The van der Waals surface area contributed by atoms with Gasteiger partial charge in [0.05, 0.1) is 5.60 Å². The Hall–Kier alpha value is -1.00. The lowest BCUT2D eigenvalue weighted by atomic mass is 9.77. The van der Waals surface area contributed by atoms with Gasteiger partial charge in [0.15, 0.2) is 0 Å². The zero-order valence-electron chi connectivity index (χ0n) is 9.84. The van der Waals surface area contributed by atoms with Gasteiger partial charge < -0.3 is 10.4 Å². The van der Waals surface area contributed by atoms with Crippen molar-refractivity contribution in [1.82, 2.24) is 5.32 Å². The van der Waals surface area contributed by atoms with E-state index in [2.05, 4.69) is 5.32 Å². The average Bonchev–Trinajstić information content (AvgIpc) is 2.29. The molecule has 0 amide bonds. The van der Waals surface area contributed by atoms with E-state index in [1.165, 1.54) is 12.1 Å². The first kappa shape index (κ1) is 12.5. The highest BCUT2D eigenvalue weighted by Crippen LogP contribution is 2.38. The van der Waals surface area contributed by atoms with Gasteiger partial charge in [0.25, 0.3) is 0 Å². The molecule has 17 heavy (non-hydrogen) atoms. The van der Waals surface area contributed by atoms with Crippen LogP contribution in [-0.2, 0) is 5.60 Å². The third-order valence-electron chi connectivity index (χ3n) is 3.65. The first-order valence-electron chi connectivity index (χ1n) is 5.90. The molecular weight excluding hydrogens is 224 g/mol. The van der Waals surface area contributed by atoms with E-state index in [1.54, 1.807) is 0 Å². The van der Waals surface area contributed by atoms with Gasteiger partial charge in [-0.2, -0.15) is 0 Å². The summed E-state index contributed by atoms with van der Waals surface area (Å²) in [5.74, 6) is -1.27. The Morgan fingerprint density at radius 2 is 1.94 bits per heavy atom. The summed E-state index contributed by atoms with van der Waals surface area (Å²) in [6.45, 7) is 0. The van der Waals surface area contributed by atoms with Crippen LogP contribution in [0.5, 0.6) is 0 Å². The smallest absolute Gasteiger partial charge is 0.132 e. The molecule has 2 N–H and O–H groups in total. The van der Waals surface area contributed by atoms with Crippen LogP contribution in [0.4, 0.5) is 8.78 Å². The molecule has 0 saturated heterocycles. The van der Waals surface area contributed by atoms with E-state index in [9.17, 15) is 13.9 Å². The van der Waals surface area contributed by atoms with Crippen LogP contribution in [0, 0.1) is 11.6 Å². The van der Waals surface area contributed by atoms with Gasteiger partial charge in [-0.15, -0.1) is 0 Å². The van der Waals surface area contributed by atoms with E-state index >= 15 is 0 Å². The van der Waals surface area contributed by atoms with Crippen LogP contribution in [0.25, 0.3) is 0 Å². The van der Waals surface area contributed by atoms with Gasteiger partial charge in [0, 0.05) is 17.7 Å². The molecule has 94 valence electrons. The van der Waals surface area contributed by atoms with Crippen LogP contribution in [0.3, 0.4) is 0 Å². The second-order valence-corrected chi connectivity index (χ2v) is 4.72.